The van der Waals surface area contributed by atoms with Gasteiger partial charge in [0.05, 0.1) is 11.5 Å². The average molecular weight is 276 g/mol. The van der Waals surface area contributed by atoms with Gasteiger partial charge in [0.25, 0.3) is 0 Å². The minimum absolute atomic E-state index is 0.138. The normalized spacial score (nSPS) is 24.9. The van der Waals surface area contributed by atoms with Gasteiger partial charge < -0.3 is 10.6 Å². The largest absolute Gasteiger partial charge is 0.314 e. The molecule has 0 aromatic rings. The van der Waals surface area contributed by atoms with Gasteiger partial charge >= 0.3 is 0 Å². The van der Waals surface area contributed by atoms with Gasteiger partial charge in [-0.3, -0.25) is 0 Å². The van der Waals surface area contributed by atoms with Crippen LogP contribution in [0, 0.1) is 0 Å². The van der Waals surface area contributed by atoms with Gasteiger partial charge in [-0.1, -0.05) is 26.2 Å². The molecule has 0 aliphatic carbocycles. The molecular formula is C13H28N2O2S. The zero-order valence-corrected chi connectivity index (χ0v) is 12.6. The van der Waals surface area contributed by atoms with Crippen LogP contribution in [0.25, 0.3) is 0 Å². The minimum Gasteiger partial charge on any atom is -0.314 e. The van der Waals surface area contributed by atoms with Crippen molar-refractivity contribution in [3.05, 3.63) is 0 Å². The molecule has 4 nitrogen and oxygen atoms in total. The van der Waals surface area contributed by atoms with Gasteiger partial charge in [-0.2, -0.15) is 0 Å². The first-order chi connectivity index (χ1) is 8.53. The molecule has 5 heteroatoms. The van der Waals surface area contributed by atoms with Crippen LogP contribution < -0.4 is 10.6 Å². The quantitative estimate of drug-likeness (QED) is 0.657. The summed E-state index contributed by atoms with van der Waals surface area (Å²) < 4.78 is 22.9. The topological polar surface area (TPSA) is 58.2 Å². The number of hydrogen-bond acceptors (Lipinski definition) is 4. The van der Waals surface area contributed by atoms with Crippen molar-refractivity contribution >= 4 is 9.84 Å². The van der Waals surface area contributed by atoms with E-state index in [1.54, 1.807) is 0 Å². The number of sulfone groups is 1. The molecule has 1 aliphatic heterocycles. The molecule has 1 rings (SSSR count). The second kappa shape index (κ2) is 8.12. The molecule has 18 heavy (non-hydrogen) atoms. The SMILES string of the molecule is CCCCCC(C)NCCC1CS(=O)(=O)CCN1. The molecule has 1 fully saturated rings. The zero-order valence-electron chi connectivity index (χ0n) is 11.7. The first-order valence-corrected chi connectivity index (χ1v) is 9.03. The molecule has 0 amide bonds. The van der Waals surface area contributed by atoms with E-state index in [9.17, 15) is 8.42 Å². The number of rotatable bonds is 8. The number of unbranched alkanes of at least 4 members (excludes halogenated alkanes) is 2. The van der Waals surface area contributed by atoms with Crippen LogP contribution in [0.4, 0.5) is 0 Å². The van der Waals surface area contributed by atoms with E-state index in [-0.39, 0.29) is 6.04 Å². The first kappa shape index (κ1) is 15.9. The van der Waals surface area contributed by atoms with E-state index in [1.165, 1.54) is 25.7 Å². The Kier molecular flexibility index (Phi) is 7.19. The predicted molar refractivity (Wildman–Crippen MR) is 76.7 cm³/mol. The van der Waals surface area contributed by atoms with Gasteiger partial charge in [-0.25, -0.2) is 8.42 Å². The lowest BCUT2D eigenvalue weighted by Crippen LogP contribution is -2.46. The van der Waals surface area contributed by atoms with E-state index in [0.717, 1.165) is 13.0 Å². The van der Waals surface area contributed by atoms with Gasteiger partial charge in [0.1, 0.15) is 0 Å². The molecule has 0 saturated carbocycles. The monoisotopic (exact) mass is 276 g/mol. The Balaban J connectivity index is 2.10. The van der Waals surface area contributed by atoms with Crippen molar-refractivity contribution in [1.82, 2.24) is 10.6 Å². The van der Waals surface area contributed by atoms with Gasteiger partial charge in [-0.05, 0) is 26.3 Å². The molecule has 108 valence electrons. The lowest BCUT2D eigenvalue weighted by Gasteiger charge is -2.24. The summed E-state index contributed by atoms with van der Waals surface area (Å²) >= 11 is 0. The molecule has 0 spiro atoms. The molecule has 0 radical (unpaired) electrons. The number of nitrogens with one attached hydrogen (secondary N) is 2. The summed E-state index contributed by atoms with van der Waals surface area (Å²) in [7, 11) is -2.79. The van der Waals surface area contributed by atoms with Crippen LogP contribution in [0.5, 0.6) is 0 Å². The lowest BCUT2D eigenvalue weighted by molar-refractivity contribution is 0.440. The Bertz CT molecular complexity index is 317. The highest BCUT2D eigenvalue weighted by Crippen LogP contribution is 2.06. The molecule has 1 saturated heterocycles. The summed E-state index contributed by atoms with van der Waals surface area (Å²) in [5.41, 5.74) is 0. The van der Waals surface area contributed by atoms with Crippen molar-refractivity contribution in [3.63, 3.8) is 0 Å². The maximum atomic E-state index is 11.5. The highest BCUT2D eigenvalue weighted by Gasteiger charge is 2.23. The van der Waals surface area contributed by atoms with Gasteiger partial charge in [0.2, 0.25) is 0 Å². The fourth-order valence-corrected chi connectivity index (χ4v) is 3.85. The maximum absolute atomic E-state index is 11.5. The van der Waals surface area contributed by atoms with Crippen LogP contribution in [0.3, 0.4) is 0 Å². The summed E-state index contributed by atoms with van der Waals surface area (Å²) in [5.74, 6) is 0.600. The van der Waals surface area contributed by atoms with E-state index in [2.05, 4.69) is 24.5 Å². The van der Waals surface area contributed by atoms with Crippen molar-refractivity contribution in [2.75, 3.05) is 24.6 Å². The second-order valence-corrected chi connectivity index (χ2v) is 7.63. The molecule has 0 aromatic carbocycles. The van der Waals surface area contributed by atoms with Crippen LogP contribution in [-0.4, -0.2) is 45.1 Å². The highest BCUT2D eigenvalue weighted by atomic mass is 32.2. The minimum atomic E-state index is -2.79. The summed E-state index contributed by atoms with van der Waals surface area (Å²) in [4.78, 5) is 0. The lowest BCUT2D eigenvalue weighted by atomic mass is 10.1. The van der Waals surface area contributed by atoms with Crippen LogP contribution in [0.15, 0.2) is 0 Å². The standard InChI is InChI=1S/C13H28N2O2S/c1-3-4-5-6-12(2)14-8-7-13-11-18(16,17)10-9-15-13/h12-15H,3-11H2,1-2H3. The Morgan fingerprint density at radius 3 is 2.83 bits per heavy atom. The Labute approximate surface area is 112 Å². The van der Waals surface area contributed by atoms with E-state index in [1.807, 2.05) is 0 Å². The summed E-state index contributed by atoms with van der Waals surface area (Å²) in [5, 5.41) is 6.76. The molecule has 0 aromatic heterocycles. The maximum Gasteiger partial charge on any atom is 0.153 e. The van der Waals surface area contributed by atoms with Crippen molar-refractivity contribution in [3.8, 4) is 0 Å². The predicted octanol–water partition coefficient (Wildman–Crippen LogP) is 1.32. The first-order valence-electron chi connectivity index (χ1n) is 7.20. The van der Waals surface area contributed by atoms with E-state index in [0.29, 0.717) is 24.1 Å². The average Bonchev–Trinajstić information content (AvgIpc) is 2.28. The molecule has 2 N–H and O–H groups in total. The van der Waals surface area contributed by atoms with Crippen molar-refractivity contribution in [1.29, 1.82) is 0 Å². The van der Waals surface area contributed by atoms with Gasteiger partial charge in [-0.15, -0.1) is 0 Å². The van der Waals surface area contributed by atoms with E-state index >= 15 is 0 Å². The van der Waals surface area contributed by atoms with Crippen molar-refractivity contribution < 1.29 is 8.42 Å². The van der Waals surface area contributed by atoms with Crippen molar-refractivity contribution in [2.45, 2.75) is 58.0 Å². The summed E-state index contributed by atoms with van der Waals surface area (Å²) in [6.07, 6.45) is 5.95. The molecule has 1 heterocycles. The smallest absolute Gasteiger partial charge is 0.153 e. The third-order valence-electron chi connectivity index (χ3n) is 3.53. The second-order valence-electron chi connectivity index (χ2n) is 5.41. The van der Waals surface area contributed by atoms with Gasteiger partial charge in [0.15, 0.2) is 9.84 Å². The van der Waals surface area contributed by atoms with Crippen LogP contribution in [-0.2, 0) is 9.84 Å². The van der Waals surface area contributed by atoms with E-state index in [4.69, 9.17) is 0 Å². The van der Waals surface area contributed by atoms with Gasteiger partial charge in [0, 0.05) is 18.6 Å². The Morgan fingerprint density at radius 1 is 1.39 bits per heavy atom. The molecule has 1 aliphatic rings. The van der Waals surface area contributed by atoms with Crippen molar-refractivity contribution in [2.24, 2.45) is 0 Å². The Morgan fingerprint density at radius 2 is 2.17 bits per heavy atom. The fraction of sp³-hybridized carbons (Fsp3) is 1.00. The highest BCUT2D eigenvalue weighted by molar-refractivity contribution is 7.91. The third-order valence-corrected chi connectivity index (χ3v) is 5.26. The Hall–Kier alpha value is -0.130. The van der Waals surface area contributed by atoms with Crippen LogP contribution in [0.2, 0.25) is 0 Å². The summed E-state index contributed by atoms with van der Waals surface area (Å²) in [6.45, 7) is 5.94. The van der Waals surface area contributed by atoms with Crippen LogP contribution in [0.1, 0.15) is 46.0 Å². The zero-order chi connectivity index (χ0) is 13.4. The molecule has 2 unspecified atom stereocenters. The summed E-state index contributed by atoms with van der Waals surface area (Å²) in [6, 6.07) is 0.677. The fourth-order valence-electron chi connectivity index (χ4n) is 2.36. The van der Waals surface area contributed by atoms with Crippen LogP contribution >= 0.6 is 0 Å². The van der Waals surface area contributed by atoms with E-state index < -0.39 is 9.84 Å². The third kappa shape index (κ3) is 6.71. The molecule has 2 atom stereocenters. The number of hydrogen-bond donors (Lipinski definition) is 2. The molecular weight excluding hydrogens is 248 g/mol. The molecule has 0 bridgehead atoms.